The molecule has 2 N–H and O–H groups in total. The van der Waals surface area contributed by atoms with E-state index in [1.165, 1.54) is 18.2 Å². The Labute approximate surface area is 116 Å². The fourth-order valence-corrected chi connectivity index (χ4v) is 2.32. The molecule has 1 aromatic carbocycles. The van der Waals surface area contributed by atoms with E-state index in [2.05, 4.69) is 0 Å². The minimum absolute atomic E-state index is 0. The predicted molar refractivity (Wildman–Crippen MR) is 71.8 cm³/mol. The molecule has 0 bridgehead atoms. The lowest BCUT2D eigenvalue weighted by molar-refractivity contribution is 0.0741. The van der Waals surface area contributed by atoms with Gasteiger partial charge in [-0.2, -0.15) is 0 Å². The fraction of sp³-hybridized carbons (Fsp3) is 0.417. The number of rotatable bonds is 2. The number of halogens is 3. The van der Waals surface area contributed by atoms with Crippen LogP contribution in [-0.2, 0) is 0 Å². The first-order valence-corrected chi connectivity index (χ1v) is 5.97. The number of benzene rings is 1. The molecule has 3 nitrogen and oxygen atoms in total. The van der Waals surface area contributed by atoms with Crippen LogP contribution in [0.15, 0.2) is 18.2 Å². The van der Waals surface area contributed by atoms with Gasteiger partial charge in [-0.05, 0) is 31.0 Å². The number of hydrogen-bond donors (Lipinski definition) is 1. The minimum atomic E-state index is -0.514. The molecule has 0 aromatic heterocycles. The summed E-state index contributed by atoms with van der Waals surface area (Å²) >= 11 is 5.66. The van der Waals surface area contributed by atoms with Crippen molar-refractivity contribution in [3.63, 3.8) is 0 Å². The molecule has 0 saturated carbocycles. The number of amides is 1. The second-order valence-corrected chi connectivity index (χ2v) is 4.57. The highest BCUT2D eigenvalue weighted by molar-refractivity contribution is 6.31. The lowest BCUT2D eigenvalue weighted by atomic mass is 10.1. The van der Waals surface area contributed by atoms with Gasteiger partial charge in [-0.1, -0.05) is 11.6 Å². The second-order valence-electron chi connectivity index (χ2n) is 4.16. The molecule has 0 radical (unpaired) electrons. The Morgan fingerprint density at radius 1 is 1.56 bits per heavy atom. The van der Waals surface area contributed by atoms with Gasteiger partial charge >= 0.3 is 0 Å². The largest absolute Gasteiger partial charge is 0.334 e. The maximum absolute atomic E-state index is 13.0. The number of likely N-dealkylation sites (tertiary alicyclic amines) is 1. The average Bonchev–Trinajstić information content (AvgIpc) is 2.80. The van der Waals surface area contributed by atoms with Gasteiger partial charge in [0, 0.05) is 24.7 Å². The van der Waals surface area contributed by atoms with E-state index in [9.17, 15) is 9.18 Å². The molecule has 1 saturated heterocycles. The van der Waals surface area contributed by atoms with E-state index in [1.54, 1.807) is 4.90 Å². The lowest BCUT2D eigenvalue weighted by Gasteiger charge is -2.23. The summed E-state index contributed by atoms with van der Waals surface area (Å²) in [5, 5.41) is -0.0284. The fourth-order valence-electron chi connectivity index (χ4n) is 2.14. The summed E-state index contributed by atoms with van der Waals surface area (Å²) < 4.78 is 13.0. The van der Waals surface area contributed by atoms with Crippen LogP contribution in [0.25, 0.3) is 0 Å². The van der Waals surface area contributed by atoms with Gasteiger partial charge in [0.25, 0.3) is 5.91 Å². The van der Waals surface area contributed by atoms with Crippen LogP contribution >= 0.6 is 24.0 Å². The van der Waals surface area contributed by atoms with Crippen molar-refractivity contribution in [2.45, 2.75) is 18.9 Å². The number of carbonyl (C=O) groups excluding carboxylic acids is 1. The standard InChI is InChI=1S/C12H14ClFN2O.ClH/c13-10-6-8(3-4-11(10)14)12(17)16-5-1-2-9(16)7-15;/h3-4,6,9H,1-2,5,7,15H2;1H. The molecule has 0 spiro atoms. The van der Waals surface area contributed by atoms with Gasteiger partial charge in [0.1, 0.15) is 5.82 Å². The predicted octanol–water partition coefficient (Wildman–Crippen LogP) is 2.46. The first kappa shape index (κ1) is 15.2. The molecular weight excluding hydrogens is 278 g/mol. The Morgan fingerprint density at radius 3 is 2.89 bits per heavy atom. The third-order valence-corrected chi connectivity index (χ3v) is 3.37. The van der Waals surface area contributed by atoms with E-state index in [1.807, 2.05) is 0 Å². The van der Waals surface area contributed by atoms with Crippen LogP contribution in [-0.4, -0.2) is 29.9 Å². The molecule has 1 fully saturated rings. The van der Waals surface area contributed by atoms with Gasteiger partial charge in [-0.3, -0.25) is 4.79 Å². The summed E-state index contributed by atoms with van der Waals surface area (Å²) in [6, 6.07) is 4.12. The highest BCUT2D eigenvalue weighted by Crippen LogP contribution is 2.22. The highest BCUT2D eigenvalue weighted by Gasteiger charge is 2.28. The van der Waals surface area contributed by atoms with Crippen molar-refractivity contribution < 1.29 is 9.18 Å². The number of nitrogens with two attached hydrogens (primary N) is 1. The van der Waals surface area contributed by atoms with Crippen molar-refractivity contribution in [2.75, 3.05) is 13.1 Å². The molecule has 1 heterocycles. The van der Waals surface area contributed by atoms with Crippen molar-refractivity contribution in [1.82, 2.24) is 4.90 Å². The molecule has 0 aliphatic carbocycles. The molecular formula is C12H15Cl2FN2O. The van der Waals surface area contributed by atoms with E-state index >= 15 is 0 Å². The van der Waals surface area contributed by atoms with Gasteiger partial charge in [0.2, 0.25) is 0 Å². The lowest BCUT2D eigenvalue weighted by Crippen LogP contribution is -2.39. The van der Waals surface area contributed by atoms with Crippen molar-refractivity contribution in [2.24, 2.45) is 5.73 Å². The summed E-state index contributed by atoms with van der Waals surface area (Å²) in [7, 11) is 0. The van der Waals surface area contributed by atoms with Crippen molar-refractivity contribution in [3.8, 4) is 0 Å². The van der Waals surface area contributed by atoms with E-state index in [0.717, 1.165) is 12.8 Å². The molecule has 1 aromatic rings. The van der Waals surface area contributed by atoms with Crippen LogP contribution in [0.3, 0.4) is 0 Å². The summed E-state index contributed by atoms with van der Waals surface area (Å²) in [5.41, 5.74) is 6.03. The molecule has 1 aliphatic rings. The first-order valence-electron chi connectivity index (χ1n) is 5.59. The summed E-state index contributed by atoms with van der Waals surface area (Å²) in [6.45, 7) is 1.16. The number of hydrogen-bond acceptors (Lipinski definition) is 2. The van der Waals surface area contributed by atoms with Crippen LogP contribution in [0, 0.1) is 5.82 Å². The Hall–Kier alpha value is -0.840. The zero-order valence-corrected chi connectivity index (χ0v) is 11.3. The van der Waals surface area contributed by atoms with E-state index in [4.69, 9.17) is 17.3 Å². The topological polar surface area (TPSA) is 46.3 Å². The summed E-state index contributed by atoms with van der Waals surface area (Å²) in [5.74, 6) is -0.639. The molecule has 1 unspecified atom stereocenters. The van der Waals surface area contributed by atoms with Gasteiger partial charge in [0.15, 0.2) is 0 Å². The molecule has 2 rings (SSSR count). The van der Waals surface area contributed by atoms with Crippen molar-refractivity contribution in [1.29, 1.82) is 0 Å². The van der Waals surface area contributed by atoms with Crippen LogP contribution in [0.1, 0.15) is 23.2 Å². The maximum atomic E-state index is 13.0. The van der Waals surface area contributed by atoms with E-state index in [0.29, 0.717) is 18.7 Å². The smallest absolute Gasteiger partial charge is 0.254 e. The normalized spacial score (nSPS) is 18.6. The van der Waals surface area contributed by atoms with Crippen molar-refractivity contribution in [3.05, 3.63) is 34.6 Å². The average molecular weight is 293 g/mol. The maximum Gasteiger partial charge on any atom is 0.254 e. The van der Waals surface area contributed by atoms with E-state index < -0.39 is 5.82 Å². The molecule has 100 valence electrons. The van der Waals surface area contributed by atoms with Crippen LogP contribution in [0.5, 0.6) is 0 Å². The van der Waals surface area contributed by atoms with Gasteiger partial charge in [0.05, 0.1) is 5.02 Å². The zero-order chi connectivity index (χ0) is 12.4. The van der Waals surface area contributed by atoms with E-state index in [-0.39, 0.29) is 29.4 Å². The second kappa shape index (κ2) is 6.36. The van der Waals surface area contributed by atoms with Crippen LogP contribution in [0.2, 0.25) is 5.02 Å². The SMILES string of the molecule is Cl.NCC1CCCN1C(=O)c1ccc(F)c(Cl)c1. The molecule has 1 atom stereocenters. The number of nitrogens with zero attached hydrogens (tertiary/aromatic N) is 1. The van der Waals surface area contributed by atoms with Crippen LogP contribution < -0.4 is 5.73 Å². The third-order valence-electron chi connectivity index (χ3n) is 3.08. The first-order chi connectivity index (χ1) is 8.13. The number of carbonyl (C=O) groups is 1. The Balaban J connectivity index is 0.00000162. The summed E-state index contributed by atoms with van der Waals surface area (Å²) in [4.78, 5) is 13.9. The molecule has 1 aliphatic heterocycles. The van der Waals surface area contributed by atoms with Gasteiger partial charge in [-0.25, -0.2) is 4.39 Å². The highest BCUT2D eigenvalue weighted by atomic mass is 35.5. The Bertz CT molecular complexity index is 442. The van der Waals surface area contributed by atoms with Crippen molar-refractivity contribution >= 4 is 29.9 Å². The monoisotopic (exact) mass is 292 g/mol. The Kier molecular flexibility index (Phi) is 5.38. The minimum Gasteiger partial charge on any atom is -0.334 e. The molecule has 1 amide bonds. The van der Waals surface area contributed by atoms with Gasteiger partial charge < -0.3 is 10.6 Å². The van der Waals surface area contributed by atoms with Crippen LogP contribution in [0.4, 0.5) is 4.39 Å². The van der Waals surface area contributed by atoms with Gasteiger partial charge in [-0.15, -0.1) is 12.4 Å². The third kappa shape index (κ3) is 2.94. The zero-order valence-electron chi connectivity index (χ0n) is 9.73. The Morgan fingerprint density at radius 2 is 2.28 bits per heavy atom. The quantitative estimate of drug-likeness (QED) is 0.910. The molecule has 18 heavy (non-hydrogen) atoms. The molecule has 6 heteroatoms. The summed E-state index contributed by atoms with van der Waals surface area (Å²) in [6.07, 6.45) is 1.89.